The van der Waals surface area contributed by atoms with Gasteiger partial charge in [0.05, 0.1) is 0 Å². The summed E-state index contributed by atoms with van der Waals surface area (Å²) < 4.78 is 0. The summed E-state index contributed by atoms with van der Waals surface area (Å²) in [5.41, 5.74) is 11.4. The molecule has 0 saturated heterocycles. The number of nitrogens with two attached hydrogens (primary N) is 1. The van der Waals surface area contributed by atoms with Gasteiger partial charge in [-0.3, -0.25) is 4.99 Å². The molecule has 0 radical (unpaired) electrons. The highest BCUT2D eigenvalue weighted by atomic mass is 15.2. The van der Waals surface area contributed by atoms with E-state index in [1.807, 2.05) is 0 Å². The molecular formula is C23H38N4. The highest BCUT2D eigenvalue weighted by Gasteiger charge is 2.23. The topological polar surface area (TPSA) is 62.4 Å². The fourth-order valence-corrected chi connectivity index (χ4v) is 4.72. The summed E-state index contributed by atoms with van der Waals surface area (Å²) in [5.74, 6) is 1.65. The zero-order chi connectivity index (χ0) is 19.2. The summed E-state index contributed by atoms with van der Waals surface area (Å²) in [4.78, 5) is 5.01. The number of anilines is 1. The van der Waals surface area contributed by atoms with Crippen LogP contribution in [-0.2, 0) is 0 Å². The summed E-state index contributed by atoms with van der Waals surface area (Å²) in [6.07, 6.45) is 11.5. The van der Waals surface area contributed by atoms with Crippen LogP contribution in [0.4, 0.5) is 5.69 Å². The number of hydrogen-bond acceptors (Lipinski definition) is 2. The van der Waals surface area contributed by atoms with Gasteiger partial charge in [-0.15, -0.1) is 0 Å². The van der Waals surface area contributed by atoms with Crippen LogP contribution in [0.1, 0.15) is 74.5 Å². The first-order chi connectivity index (χ1) is 13.0. The van der Waals surface area contributed by atoms with Crippen molar-refractivity contribution in [2.45, 2.75) is 90.6 Å². The number of nitrogens with zero attached hydrogens (tertiary/aromatic N) is 1. The number of nitrogens with one attached hydrogen (secondary N) is 2. The second kappa shape index (κ2) is 9.59. The largest absolute Gasteiger partial charge is 0.352 e. The number of guanidine groups is 1. The Labute approximate surface area is 165 Å². The maximum atomic E-state index is 6.39. The van der Waals surface area contributed by atoms with Crippen molar-refractivity contribution in [2.24, 2.45) is 16.6 Å². The molecule has 0 amide bonds. The Morgan fingerprint density at radius 1 is 0.963 bits per heavy atom. The third kappa shape index (κ3) is 5.71. The van der Waals surface area contributed by atoms with E-state index in [9.17, 15) is 0 Å². The number of hydrogen-bond donors (Lipinski definition) is 3. The Kier molecular flexibility index (Phi) is 7.17. The van der Waals surface area contributed by atoms with E-state index >= 15 is 0 Å². The standard InChI is InChI=1S/C23H38N4/c1-16-13-17(2)22(18(3)14-16)27-23(25-15-19-9-5-4-6-10-19)26-21-12-8-7-11-20(21)24/h13-14,19-21H,4-12,15,24H2,1-3H3,(H2,25,26,27)/t20-,21-/m0/s1. The molecule has 4 nitrogen and oxygen atoms in total. The predicted molar refractivity (Wildman–Crippen MR) is 117 cm³/mol. The van der Waals surface area contributed by atoms with Crippen molar-refractivity contribution in [1.29, 1.82) is 0 Å². The molecule has 4 N–H and O–H groups in total. The molecule has 0 aromatic heterocycles. The average molecular weight is 371 g/mol. The number of aryl methyl sites for hydroxylation is 3. The van der Waals surface area contributed by atoms with Gasteiger partial charge in [-0.1, -0.05) is 49.8 Å². The van der Waals surface area contributed by atoms with Crippen molar-refractivity contribution < 1.29 is 0 Å². The van der Waals surface area contributed by atoms with Gasteiger partial charge in [0.2, 0.25) is 0 Å². The summed E-state index contributed by atoms with van der Waals surface area (Å²) in [6, 6.07) is 5.02. The van der Waals surface area contributed by atoms with E-state index in [4.69, 9.17) is 10.7 Å². The van der Waals surface area contributed by atoms with Crippen LogP contribution in [0.15, 0.2) is 17.1 Å². The van der Waals surface area contributed by atoms with Crippen molar-refractivity contribution in [3.05, 3.63) is 28.8 Å². The van der Waals surface area contributed by atoms with Gasteiger partial charge in [-0.2, -0.15) is 0 Å². The van der Waals surface area contributed by atoms with E-state index in [1.54, 1.807) is 0 Å². The molecule has 2 atom stereocenters. The Morgan fingerprint density at radius 2 is 1.59 bits per heavy atom. The van der Waals surface area contributed by atoms with Crippen molar-refractivity contribution in [3.63, 3.8) is 0 Å². The van der Waals surface area contributed by atoms with Crippen LogP contribution >= 0.6 is 0 Å². The molecule has 2 aliphatic carbocycles. The minimum atomic E-state index is 0.223. The first-order valence-electron chi connectivity index (χ1n) is 10.9. The molecule has 0 heterocycles. The van der Waals surface area contributed by atoms with Crippen LogP contribution in [0.2, 0.25) is 0 Å². The van der Waals surface area contributed by atoms with Crippen LogP contribution in [0.3, 0.4) is 0 Å². The Hall–Kier alpha value is -1.55. The Bertz CT molecular complexity index is 623. The molecule has 0 bridgehead atoms. The molecule has 4 heteroatoms. The van der Waals surface area contributed by atoms with E-state index in [-0.39, 0.29) is 6.04 Å². The van der Waals surface area contributed by atoms with E-state index in [1.165, 1.54) is 67.3 Å². The smallest absolute Gasteiger partial charge is 0.196 e. The number of rotatable bonds is 4. The third-order valence-corrected chi connectivity index (χ3v) is 6.29. The molecule has 2 fully saturated rings. The Morgan fingerprint density at radius 3 is 2.26 bits per heavy atom. The molecule has 2 aliphatic rings. The molecule has 150 valence electrons. The van der Waals surface area contributed by atoms with Gasteiger partial charge in [0.25, 0.3) is 0 Å². The molecule has 1 aromatic rings. The molecule has 27 heavy (non-hydrogen) atoms. The molecule has 0 unspecified atom stereocenters. The fourth-order valence-electron chi connectivity index (χ4n) is 4.72. The lowest BCUT2D eigenvalue weighted by Gasteiger charge is -2.31. The highest BCUT2D eigenvalue weighted by molar-refractivity contribution is 5.95. The normalized spacial score (nSPS) is 24.7. The molecule has 0 spiro atoms. The zero-order valence-electron chi connectivity index (χ0n) is 17.5. The predicted octanol–water partition coefficient (Wildman–Crippen LogP) is 4.82. The van der Waals surface area contributed by atoms with Gasteiger partial charge >= 0.3 is 0 Å². The van der Waals surface area contributed by atoms with Gasteiger partial charge in [0.15, 0.2) is 5.96 Å². The first-order valence-corrected chi connectivity index (χ1v) is 10.9. The van der Waals surface area contributed by atoms with E-state index in [0.717, 1.165) is 31.3 Å². The van der Waals surface area contributed by atoms with Crippen LogP contribution in [0.5, 0.6) is 0 Å². The third-order valence-electron chi connectivity index (χ3n) is 6.29. The van der Waals surface area contributed by atoms with Crippen molar-refractivity contribution >= 4 is 11.6 Å². The lowest BCUT2D eigenvalue weighted by Crippen LogP contribution is -2.51. The van der Waals surface area contributed by atoms with Crippen LogP contribution in [0, 0.1) is 26.7 Å². The first kappa shape index (κ1) is 20.2. The minimum Gasteiger partial charge on any atom is -0.352 e. The molecule has 1 aromatic carbocycles. The Balaban J connectivity index is 1.76. The number of aliphatic imine (C=N–C) groups is 1. The zero-order valence-corrected chi connectivity index (χ0v) is 17.5. The second-order valence-electron chi connectivity index (χ2n) is 8.79. The average Bonchev–Trinajstić information content (AvgIpc) is 2.65. The molecule has 2 saturated carbocycles. The number of benzene rings is 1. The monoisotopic (exact) mass is 370 g/mol. The maximum absolute atomic E-state index is 6.39. The summed E-state index contributed by atoms with van der Waals surface area (Å²) >= 11 is 0. The molecule has 0 aliphatic heterocycles. The maximum Gasteiger partial charge on any atom is 0.196 e. The van der Waals surface area contributed by atoms with Crippen molar-refractivity contribution in [1.82, 2.24) is 5.32 Å². The van der Waals surface area contributed by atoms with Crippen molar-refractivity contribution in [2.75, 3.05) is 11.9 Å². The summed E-state index contributed by atoms with van der Waals surface area (Å²) in [6.45, 7) is 7.42. The van der Waals surface area contributed by atoms with Gasteiger partial charge in [0, 0.05) is 24.3 Å². The van der Waals surface area contributed by atoms with Crippen LogP contribution in [-0.4, -0.2) is 24.6 Å². The minimum absolute atomic E-state index is 0.223. The summed E-state index contributed by atoms with van der Waals surface area (Å²) in [5, 5.41) is 7.31. The van der Waals surface area contributed by atoms with E-state index in [2.05, 4.69) is 43.5 Å². The second-order valence-corrected chi connectivity index (χ2v) is 8.79. The van der Waals surface area contributed by atoms with Crippen molar-refractivity contribution in [3.8, 4) is 0 Å². The van der Waals surface area contributed by atoms with Gasteiger partial charge in [0.1, 0.15) is 0 Å². The van der Waals surface area contributed by atoms with E-state index < -0.39 is 0 Å². The fraction of sp³-hybridized carbons (Fsp3) is 0.696. The van der Waals surface area contributed by atoms with E-state index in [0.29, 0.717) is 6.04 Å². The lowest BCUT2D eigenvalue weighted by atomic mass is 9.89. The summed E-state index contributed by atoms with van der Waals surface area (Å²) in [7, 11) is 0. The highest BCUT2D eigenvalue weighted by Crippen LogP contribution is 2.25. The van der Waals surface area contributed by atoms with Gasteiger partial charge in [-0.05, 0) is 63.5 Å². The van der Waals surface area contributed by atoms with Gasteiger partial charge < -0.3 is 16.4 Å². The SMILES string of the molecule is Cc1cc(C)c(NC(=NCC2CCCCC2)N[C@H]2CCCC[C@@H]2N)c(C)c1. The van der Waals surface area contributed by atoms with Gasteiger partial charge in [-0.25, -0.2) is 0 Å². The lowest BCUT2D eigenvalue weighted by molar-refractivity contribution is 0.356. The quantitative estimate of drug-likeness (QED) is 0.526. The molecule has 3 rings (SSSR count). The van der Waals surface area contributed by atoms with Crippen LogP contribution < -0.4 is 16.4 Å². The van der Waals surface area contributed by atoms with Crippen LogP contribution in [0.25, 0.3) is 0 Å². The molecular weight excluding hydrogens is 332 g/mol.